The fraction of sp³-hybridized carbons (Fsp3) is 0. The molecule has 2 rings (SSSR count). The van der Waals surface area contributed by atoms with Crippen molar-refractivity contribution in [2.45, 2.75) is 0 Å². The quantitative estimate of drug-likeness (QED) is 0.591. The van der Waals surface area contributed by atoms with Gasteiger partial charge >= 0.3 is 0 Å². The fourth-order valence-electron chi connectivity index (χ4n) is 0.593. The minimum Gasteiger partial charge on any atom is -0.342 e. The Morgan fingerprint density at radius 2 is 2.50 bits per heavy atom. The predicted octanol–water partition coefficient (Wildman–Crippen LogP) is -0.145. The summed E-state index contributed by atoms with van der Waals surface area (Å²) in [5, 5.41) is 13.3. The summed E-state index contributed by atoms with van der Waals surface area (Å²) in [5.41, 5.74) is 0.578. The third-order valence-electron chi connectivity index (χ3n) is 1.01. The van der Waals surface area contributed by atoms with Crippen LogP contribution in [-0.4, -0.2) is 25.6 Å². The van der Waals surface area contributed by atoms with Crippen molar-refractivity contribution in [3.8, 4) is 11.5 Å². The number of aromatic nitrogens is 5. The first-order valence-corrected chi connectivity index (χ1v) is 2.59. The summed E-state index contributed by atoms with van der Waals surface area (Å²) in [6.45, 7) is 0. The average molecular weight is 137 g/mol. The van der Waals surface area contributed by atoms with Gasteiger partial charge in [-0.3, -0.25) is 0 Å². The zero-order valence-corrected chi connectivity index (χ0v) is 4.85. The molecule has 6 nitrogen and oxygen atoms in total. The second kappa shape index (κ2) is 1.90. The lowest BCUT2D eigenvalue weighted by molar-refractivity contribution is 0.418. The number of hydrogen-bond donors (Lipinski definition) is 1. The zero-order valence-electron chi connectivity index (χ0n) is 4.85. The molecule has 0 spiro atoms. The summed E-state index contributed by atoms with van der Waals surface area (Å²) in [4.78, 5) is 3.76. The Bertz CT molecular complexity index is 253. The Kier molecular flexibility index (Phi) is 0.970. The fourth-order valence-corrected chi connectivity index (χ4v) is 0.593. The van der Waals surface area contributed by atoms with Crippen molar-refractivity contribution in [3.63, 3.8) is 0 Å². The van der Waals surface area contributed by atoms with Gasteiger partial charge in [0.15, 0.2) is 5.69 Å². The Balaban J connectivity index is 2.48. The topological polar surface area (TPSA) is 80.5 Å². The van der Waals surface area contributed by atoms with E-state index < -0.39 is 0 Å². The third-order valence-corrected chi connectivity index (χ3v) is 1.01. The van der Waals surface area contributed by atoms with E-state index in [1.807, 2.05) is 0 Å². The van der Waals surface area contributed by atoms with E-state index in [9.17, 15) is 0 Å². The Labute approximate surface area is 55.3 Å². The first kappa shape index (κ1) is 5.10. The lowest BCUT2D eigenvalue weighted by atomic mass is 10.5. The Morgan fingerprint density at radius 1 is 1.50 bits per heavy atom. The molecule has 6 heteroatoms. The van der Waals surface area contributed by atoms with E-state index in [2.05, 4.69) is 30.1 Å². The number of nitrogens with zero attached hydrogens (tertiary/aromatic N) is 4. The molecule has 0 saturated carbocycles. The summed E-state index contributed by atoms with van der Waals surface area (Å²) in [6.07, 6.45) is 2.76. The standard InChI is InChI=1S/C4H3N5O/c1-3(7-9-6-1)4-5-2-10-8-4/h1-2H,(H,6,7,9). The Hall–Kier alpha value is -1.72. The minimum absolute atomic E-state index is 0.439. The van der Waals surface area contributed by atoms with E-state index in [4.69, 9.17) is 0 Å². The van der Waals surface area contributed by atoms with Crippen LogP contribution in [0.3, 0.4) is 0 Å². The van der Waals surface area contributed by atoms with Gasteiger partial charge in [-0.1, -0.05) is 5.16 Å². The number of H-pyrrole nitrogens is 1. The van der Waals surface area contributed by atoms with Crippen molar-refractivity contribution in [3.05, 3.63) is 12.6 Å². The van der Waals surface area contributed by atoms with Crippen LogP contribution in [-0.2, 0) is 0 Å². The van der Waals surface area contributed by atoms with E-state index in [-0.39, 0.29) is 0 Å². The van der Waals surface area contributed by atoms with Gasteiger partial charge in [0.2, 0.25) is 12.2 Å². The van der Waals surface area contributed by atoms with Crippen LogP contribution in [0.25, 0.3) is 11.5 Å². The second-order valence-electron chi connectivity index (χ2n) is 1.61. The van der Waals surface area contributed by atoms with Crippen molar-refractivity contribution in [2.24, 2.45) is 0 Å². The zero-order chi connectivity index (χ0) is 6.81. The smallest absolute Gasteiger partial charge is 0.224 e. The highest BCUT2D eigenvalue weighted by atomic mass is 16.5. The van der Waals surface area contributed by atoms with Gasteiger partial charge in [0.25, 0.3) is 0 Å². The lowest BCUT2D eigenvalue weighted by Gasteiger charge is -1.76. The van der Waals surface area contributed by atoms with Crippen molar-refractivity contribution in [1.82, 2.24) is 25.6 Å². The minimum atomic E-state index is 0.439. The van der Waals surface area contributed by atoms with Crippen molar-refractivity contribution in [2.75, 3.05) is 0 Å². The average Bonchev–Trinajstić information content (AvgIpc) is 2.59. The van der Waals surface area contributed by atoms with Gasteiger partial charge in [-0.25, -0.2) is 0 Å². The molecule has 2 aromatic rings. The summed E-state index contributed by atoms with van der Waals surface area (Å²) in [5.74, 6) is 0.439. The molecule has 0 radical (unpaired) electrons. The molecule has 0 unspecified atom stereocenters. The molecule has 50 valence electrons. The van der Waals surface area contributed by atoms with Crippen molar-refractivity contribution in [1.29, 1.82) is 0 Å². The maximum atomic E-state index is 4.50. The molecule has 0 saturated heterocycles. The molecule has 0 aliphatic heterocycles. The summed E-state index contributed by atoms with van der Waals surface area (Å²) < 4.78 is 4.50. The van der Waals surface area contributed by atoms with Crippen LogP contribution in [0, 0.1) is 0 Å². The van der Waals surface area contributed by atoms with Crippen LogP contribution in [0.5, 0.6) is 0 Å². The monoisotopic (exact) mass is 137 g/mol. The number of hydrogen-bond acceptors (Lipinski definition) is 5. The molecule has 0 aliphatic rings. The van der Waals surface area contributed by atoms with Crippen LogP contribution in [0.1, 0.15) is 0 Å². The van der Waals surface area contributed by atoms with E-state index in [0.717, 1.165) is 0 Å². The molecule has 0 aliphatic carbocycles. The molecule has 10 heavy (non-hydrogen) atoms. The normalized spacial score (nSPS) is 10.0. The Morgan fingerprint density at radius 3 is 3.10 bits per heavy atom. The number of rotatable bonds is 1. The molecule has 2 heterocycles. The molecule has 0 atom stereocenters. The lowest BCUT2D eigenvalue weighted by Crippen LogP contribution is -1.78. The van der Waals surface area contributed by atoms with E-state index >= 15 is 0 Å². The highest BCUT2D eigenvalue weighted by molar-refractivity contribution is 5.43. The second-order valence-corrected chi connectivity index (χ2v) is 1.61. The SMILES string of the molecule is c1nc(-c2cn[nH]n2)no1. The molecule has 1 N–H and O–H groups in total. The first-order chi connectivity index (χ1) is 4.97. The van der Waals surface area contributed by atoms with Crippen LogP contribution >= 0.6 is 0 Å². The van der Waals surface area contributed by atoms with Crippen LogP contribution < -0.4 is 0 Å². The van der Waals surface area contributed by atoms with Crippen molar-refractivity contribution < 1.29 is 4.52 Å². The van der Waals surface area contributed by atoms with Gasteiger partial charge in [0.1, 0.15) is 0 Å². The molecule has 2 aromatic heterocycles. The van der Waals surface area contributed by atoms with E-state index in [1.54, 1.807) is 0 Å². The van der Waals surface area contributed by atoms with Crippen LogP contribution in [0.15, 0.2) is 17.1 Å². The molecular weight excluding hydrogens is 134 g/mol. The van der Waals surface area contributed by atoms with Gasteiger partial charge in [0, 0.05) is 0 Å². The predicted molar refractivity (Wildman–Crippen MR) is 29.7 cm³/mol. The largest absolute Gasteiger partial charge is 0.342 e. The van der Waals surface area contributed by atoms with Crippen LogP contribution in [0.2, 0.25) is 0 Å². The highest BCUT2D eigenvalue weighted by Gasteiger charge is 2.03. The maximum absolute atomic E-state index is 4.50. The van der Waals surface area contributed by atoms with E-state index in [0.29, 0.717) is 11.5 Å². The summed E-state index contributed by atoms with van der Waals surface area (Å²) >= 11 is 0. The van der Waals surface area contributed by atoms with E-state index in [1.165, 1.54) is 12.6 Å². The highest BCUT2D eigenvalue weighted by Crippen LogP contribution is 2.05. The molecule has 0 fully saturated rings. The maximum Gasteiger partial charge on any atom is 0.224 e. The number of nitrogens with one attached hydrogen (secondary N) is 1. The summed E-state index contributed by atoms with van der Waals surface area (Å²) in [6, 6.07) is 0. The third kappa shape index (κ3) is 0.661. The molecule has 0 bridgehead atoms. The first-order valence-electron chi connectivity index (χ1n) is 2.59. The molecule has 0 amide bonds. The van der Waals surface area contributed by atoms with Crippen molar-refractivity contribution >= 4 is 0 Å². The van der Waals surface area contributed by atoms with Gasteiger partial charge in [-0.15, -0.1) is 0 Å². The van der Waals surface area contributed by atoms with Gasteiger partial charge in [-0.05, 0) is 0 Å². The van der Waals surface area contributed by atoms with Gasteiger partial charge in [0.05, 0.1) is 6.20 Å². The molecular formula is C4H3N5O. The van der Waals surface area contributed by atoms with Crippen LogP contribution in [0.4, 0.5) is 0 Å². The molecule has 0 aromatic carbocycles. The number of aromatic amines is 1. The summed E-state index contributed by atoms with van der Waals surface area (Å²) in [7, 11) is 0. The van der Waals surface area contributed by atoms with Gasteiger partial charge in [-0.2, -0.15) is 20.4 Å². The van der Waals surface area contributed by atoms with Gasteiger partial charge < -0.3 is 4.52 Å².